The van der Waals surface area contributed by atoms with Crippen LogP contribution in [0.4, 0.5) is 5.95 Å². The molecule has 26 heavy (non-hydrogen) atoms. The first-order chi connectivity index (χ1) is 12.5. The standard InChI is InChI=1S/C18H17ClN4O2S/c1-3-22-15(24)14(11-7-5-4-6-8-11)16(25)23-12(10-21(2)18(22)23)13-9-20-17(19)26-13/h4-9,12H,3,10H2,1-2H3. The molecule has 6 nitrogen and oxygen atoms in total. The third-order valence-electron chi connectivity index (χ3n) is 4.65. The number of fused-ring (bicyclic) bond motifs is 1. The van der Waals surface area contributed by atoms with Gasteiger partial charge in [-0.25, -0.2) is 9.55 Å². The minimum absolute atomic E-state index is 0.201. The molecule has 1 aromatic carbocycles. The van der Waals surface area contributed by atoms with E-state index in [2.05, 4.69) is 4.98 Å². The van der Waals surface area contributed by atoms with E-state index in [4.69, 9.17) is 11.6 Å². The Kier molecular flexibility index (Phi) is 4.20. The molecule has 0 N–H and O–H groups in total. The summed E-state index contributed by atoms with van der Waals surface area (Å²) in [5.41, 5.74) is 0.558. The van der Waals surface area contributed by atoms with Crippen LogP contribution in [0.5, 0.6) is 5.88 Å². The van der Waals surface area contributed by atoms with Crippen LogP contribution in [0, 0.1) is 0 Å². The second-order valence-electron chi connectivity index (χ2n) is 6.18. The maximum atomic E-state index is 13.4. The van der Waals surface area contributed by atoms with Gasteiger partial charge in [-0.1, -0.05) is 41.9 Å². The Morgan fingerprint density at radius 3 is 2.73 bits per heavy atom. The highest BCUT2D eigenvalue weighted by molar-refractivity contribution is 7.15. The average Bonchev–Trinajstić information content (AvgIpc) is 3.20. The Hall–Kier alpha value is -2.38. The van der Waals surface area contributed by atoms with E-state index in [1.165, 1.54) is 11.3 Å². The van der Waals surface area contributed by atoms with Gasteiger partial charge in [0, 0.05) is 12.1 Å². The Labute approximate surface area is 159 Å². The van der Waals surface area contributed by atoms with Crippen molar-refractivity contribution in [2.45, 2.75) is 19.5 Å². The number of likely N-dealkylation sites (N-methyl/N-ethyl adjacent to an activating group) is 1. The molecule has 1 aliphatic rings. The molecule has 1 aliphatic heterocycles. The first-order valence-corrected chi connectivity index (χ1v) is 9.49. The lowest BCUT2D eigenvalue weighted by molar-refractivity contribution is -0.723. The maximum Gasteiger partial charge on any atom is 0.362 e. The van der Waals surface area contributed by atoms with Crippen molar-refractivity contribution in [3.8, 4) is 17.0 Å². The van der Waals surface area contributed by atoms with Gasteiger partial charge in [0.1, 0.15) is 6.54 Å². The summed E-state index contributed by atoms with van der Waals surface area (Å²) in [4.78, 5) is 20.3. The van der Waals surface area contributed by atoms with Crippen LogP contribution in [0.15, 0.2) is 41.3 Å². The number of anilines is 1. The largest absolute Gasteiger partial charge is 0.848 e. The number of rotatable bonds is 3. The molecule has 0 amide bonds. The Morgan fingerprint density at radius 2 is 2.12 bits per heavy atom. The zero-order valence-corrected chi connectivity index (χ0v) is 15.9. The van der Waals surface area contributed by atoms with Crippen LogP contribution in [0.1, 0.15) is 17.8 Å². The molecule has 1 atom stereocenters. The molecule has 134 valence electrons. The lowest BCUT2D eigenvalue weighted by Crippen LogP contribution is -2.46. The number of hydrogen-bond donors (Lipinski definition) is 0. The third kappa shape index (κ3) is 2.50. The van der Waals surface area contributed by atoms with Crippen LogP contribution in [-0.4, -0.2) is 23.1 Å². The van der Waals surface area contributed by atoms with Gasteiger partial charge in [0.15, 0.2) is 10.5 Å². The molecule has 3 heterocycles. The van der Waals surface area contributed by atoms with E-state index < -0.39 is 0 Å². The monoisotopic (exact) mass is 388 g/mol. The van der Waals surface area contributed by atoms with Gasteiger partial charge >= 0.3 is 11.5 Å². The van der Waals surface area contributed by atoms with Crippen molar-refractivity contribution in [3.05, 3.63) is 56.2 Å². The molecule has 2 aromatic heterocycles. The van der Waals surface area contributed by atoms with Crippen molar-refractivity contribution in [2.75, 3.05) is 18.5 Å². The van der Waals surface area contributed by atoms with Crippen LogP contribution < -0.4 is 20.1 Å². The summed E-state index contributed by atoms with van der Waals surface area (Å²) < 4.78 is 3.81. The van der Waals surface area contributed by atoms with Crippen molar-refractivity contribution in [2.24, 2.45) is 0 Å². The summed E-state index contributed by atoms with van der Waals surface area (Å²) in [5, 5.41) is 13.1. The lowest BCUT2D eigenvalue weighted by Gasteiger charge is -2.20. The number of halogens is 1. The molecule has 0 bridgehead atoms. The number of aromatic nitrogens is 3. The van der Waals surface area contributed by atoms with Gasteiger partial charge in [-0.2, -0.15) is 4.57 Å². The summed E-state index contributed by atoms with van der Waals surface area (Å²) in [7, 11) is 1.89. The van der Waals surface area contributed by atoms with Gasteiger partial charge in [0.2, 0.25) is 0 Å². The Bertz CT molecular complexity index is 1030. The van der Waals surface area contributed by atoms with Gasteiger partial charge in [-0.05, 0) is 12.5 Å². The highest BCUT2D eigenvalue weighted by atomic mass is 35.5. The van der Waals surface area contributed by atoms with E-state index in [1.54, 1.807) is 27.5 Å². The van der Waals surface area contributed by atoms with Gasteiger partial charge < -0.3 is 5.11 Å². The highest BCUT2D eigenvalue weighted by Gasteiger charge is 2.40. The molecule has 1 unspecified atom stereocenters. The fourth-order valence-corrected chi connectivity index (χ4v) is 4.56. The van der Waals surface area contributed by atoms with Crippen LogP contribution >= 0.6 is 22.9 Å². The SMILES string of the molecule is CC[n+]1c([O-])c(-c2ccccc2)c(=O)n2c1N(C)CC2c1cnc(Cl)s1. The number of benzene rings is 1. The second-order valence-corrected chi connectivity index (χ2v) is 7.82. The van der Waals surface area contributed by atoms with Crippen molar-refractivity contribution >= 4 is 28.9 Å². The normalized spacial score (nSPS) is 16.1. The first kappa shape index (κ1) is 17.1. The molecule has 0 aliphatic carbocycles. The number of nitrogens with zero attached hydrogens (tertiary/aromatic N) is 4. The van der Waals surface area contributed by atoms with E-state index in [-0.39, 0.29) is 23.0 Å². The van der Waals surface area contributed by atoms with Crippen LogP contribution in [0.3, 0.4) is 0 Å². The Balaban J connectivity index is 2.03. The second kappa shape index (κ2) is 6.41. The third-order valence-corrected chi connectivity index (χ3v) is 5.87. The molecule has 0 radical (unpaired) electrons. The van der Waals surface area contributed by atoms with Crippen molar-refractivity contribution in [3.63, 3.8) is 0 Å². The van der Waals surface area contributed by atoms with E-state index in [0.29, 0.717) is 29.1 Å². The molecule has 0 saturated carbocycles. The van der Waals surface area contributed by atoms with Crippen molar-refractivity contribution in [1.82, 2.24) is 9.55 Å². The average molecular weight is 389 g/mol. The molecule has 4 rings (SSSR count). The molecule has 0 saturated heterocycles. The van der Waals surface area contributed by atoms with Gasteiger partial charge in [-0.15, -0.1) is 11.3 Å². The minimum atomic E-state index is -0.278. The molecule has 0 spiro atoms. The van der Waals surface area contributed by atoms with E-state index in [0.717, 1.165) is 4.88 Å². The van der Waals surface area contributed by atoms with Gasteiger partial charge in [-0.3, -0.25) is 9.69 Å². The van der Waals surface area contributed by atoms with Crippen LogP contribution in [0.2, 0.25) is 4.47 Å². The molecule has 3 aromatic rings. The summed E-state index contributed by atoms with van der Waals surface area (Å²) >= 11 is 7.36. The van der Waals surface area contributed by atoms with E-state index in [1.807, 2.05) is 37.1 Å². The summed E-state index contributed by atoms with van der Waals surface area (Å²) in [6.45, 7) is 2.98. The highest BCUT2D eigenvalue weighted by Crippen LogP contribution is 2.35. The summed E-state index contributed by atoms with van der Waals surface area (Å²) in [5.74, 6) is 0.362. The van der Waals surface area contributed by atoms with Crippen LogP contribution in [-0.2, 0) is 6.54 Å². The molecular formula is C18H17ClN4O2S. The fourth-order valence-electron chi connectivity index (χ4n) is 3.52. The lowest BCUT2D eigenvalue weighted by atomic mass is 10.1. The first-order valence-electron chi connectivity index (χ1n) is 8.30. The van der Waals surface area contributed by atoms with E-state index >= 15 is 0 Å². The zero-order valence-electron chi connectivity index (χ0n) is 14.3. The smallest absolute Gasteiger partial charge is 0.362 e. The van der Waals surface area contributed by atoms with Crippen molar-refractivity contribution < 1.29 is 9.67 Å². The minimum Gasteiger partial charge on any atom is -0.848 e. The topological polar surface area (TPSA) is 65.1 Å². The Morgan fingerprint density at radius 1 is 1.38 bits per heavy atom. The number of thiazole rings is 1. The predicted octanol–water partition coefficient (Wildman–Crippen LogP) is 2.05. The molecular weight excluding hydrogens is 372 g/mol. The zero-order chi connectivity index (χ0) is 18.4. The predicted molar refractivity (Wildman–Crippen MR) is 100.0 cm³/mol. The number of hydrogen-bond acceptors (Lipinski definition) is 5. The maximum absolute atomic E-state index is 13.4. The van der Waals surface area contributed by atoms with Crippen molar-refractivity contribution in [1.29, 1.82) is 0 Å². The molecule has 0 fully saturated rings. The van der Waals surface area contributed by atoms with Crippen LogP contribution in [0.25, 0.3) is 11.1 Å². The fraction of sp³-hybridized carbons (Fsp3) is 0.278. The quantitative estimate of drug-likeness (QED) is 0.644. The van der Waals surface area contributed by atoms with E-state index in [9.17, 15) is 9.90 Å². The van der Waals surface area contributed by atoms with Gasteiger partial charge in [0.05, 0.1) is 24.0 Å². The summed E-state index contributed by atoms with van der Waals surface area (Å²) in [6.07, 6.45) is 1.70. The molecule has 8 heteroatoms. The van der Waals surface area contributed by atoms with Gasteiger partial charge in [0.25, 0.3) is 0 Å². The summed E-state index contributed by atoms with van der Waals surface area (Å²) in [6, 6.07) is 8.89.